The maximum absolute atomic E-state index is 10.8. The highest BCUT2D eigenvalue weighted by Gasteiger charge is 2.15. The lowest BCUT2D eigenvalue weighted by atomic mass is 10.1. The summed E-state index contributed by atoms with van der Waals surface area (Å²) in [7, 11) is 0. The van der Waals surface area contributed by atoms with Crippen LogP contribution in [0.2, 0.25) is 0 Å². The van der Waals surface area contributed by atoms with E-state index >= 15 is 0 Å². The summed E-state index contributed by atoms with van der Waals surface area (Å²) in [5, 5.41) is 8.90. The SMILES string of the molecule is Cc1cc(I)c(N)c(I)c1C(=O)O. The van der Waals surface area contributed by atoms with Gasteiger partial charge in [-0.05, 0) is 63.7 Å². The van der Waals surface area contributed by atoms with Crippen molar-refractivity contribution in [2.24, 2.45) is 0 Å². The molecule has 0 fully saturated rings. The summed E-state index contributed by atoms with van der Waals surface area (Å²) in [6.07, 6.45) is 0. The van der Waals surface area contributed by atoms with Gasteiger partial charge in [0.1, 0.15) is 0 Å². The molecule has 0 unspecified atom stereocenters. The second-order valence-corrected chi connectivity index (χ2v) is 4.82. The Balaban J connectivity index is 3.53. The van der Waals surface area contributed by atoms with Crippen LogP contribution in [0.5, 0.6) is 0 Å². The van der Waals surface area contributed by atoms with Gasteiger partial charge >= 0.3 is 5.97 Å². The topological polar surface area (TPSA) is 63.3 Å². The lowest BCUT2D eigenvalue weighted by molar-refractivity contribution is 0.0695. The summed E-state index contributed by atoms with van der Waals surface area (Å²) in [5.74, 6) is -0.926. The van der Waals surface area contributed by atoms with Crippen molar-refractivity contribution < 1.29 is 9.90 Å². The molecule has 3 nitrogen and oxygen atoms in total. The zero-order valence-corrected chi connectivity index (χ0v) is 11.1. The highest BCUT2D eigenvalue weighted by molar-refractivity contribution is 14.1. The molecule has 1 aromatic rings. The van der Waals surface area contributed by atoms with Crippen molar-refractivity contribution in [1.82, 2.24) is 0 Å². The molecule has 1 rings (SSSR count). The van der Waals surface area contributed by atoms with Crippen LogP contribution in [0.3, 0.4) is 0 Å². The fourth-order valence-corrected chi connectivity index (χ4v) is 3.21. The summed E-state index contributed by atoms with van der Waals surface area (Å²) in [4.78, 5) is 10.8. The van der Waals surface area contributed by atoms with Crippen molar-refractivity contribution in [3.63, 3.8) is 0 Å². The normalized spacial score (nSPS) is 10.1. The van der Waals surface area contributed by atoms with Crippen molar-refractivity contribution in [2.45, 2.75) is 6.92 Å². The van der Waals surface area contributed by atoms with Crippen LogP contribution < -0.4 is 5.73 Å². The van der Waals surface area contributed by atoms with E-state index in [1.165, 1.54) is 0 Å². The maximum atomic E-state index is 10.8. The number of nitrogen functional groups attached to an aromatic ring is 1. The van der Waals surface area contributed by atoms with Crippen molar-refractivity contribution in [2.75, 3.05) is 5.73 Å². The van der Waals surface area contributed by atoms with Gasteiger partial charge in [-0.2, -0.15) is 0 Å². The van der Waals surface area contributed by atoms with Gasteiger partial charge in [0.15, 0.2) is 0 Å². The molecule has 0 radical (unpaired) electrons. The molecule has 0 atom stereocenters. The molecule has 0 saturated carbocycles. The van der Waals surface area contributed by atoms with E-state index in [-0.39, 0.29) is 0 Å². The van der Waals surface area contributed by atoms with E-state index in [0.717, 1.165) is 9.13 Å². The third kappa shape index (κ3) is 2.06. The van der Waals surface area contributed by atoms with Crippen LogP contribution in [-0.2, 0) is 0 Å². The quantitative estimate of drug-likeness (QED) is 0.560. The van der Waals surface area contributed by atoms with Crippen molar-refractivity contribution in [3.05, 3.63) is 24.3 Å². The molecule has 0 aromatic heterocycles. The fraction of sp³-hybridized carbons (Fsp3) is 0.125. The first-order valence-corrected chi connectivity index (χ1v) is 5.58. The van der Waals surface area contributed by atoms with E-state index in [9.17, 15) is 4.79 Å². The zero-order chi connectivity index (χ0) is 10.2. The number of carboxylic acid groups (broad SMARTS) is 1. The highest BCUT2D eigenvalue weighted by atomic mass is 127. The number of anilines is 1. The van der Waals surface area contributed by atoms with Gasteiger partial charge in [-0.15, -0.1) is 0 Å². The van der Waals surface area contributed by atoms with Gasteiger partial charge in [0.05, 0.1) is 14.8 Å². The first-order valence-electron chi connectivity index (χ1n) is 3.42. The molecule has 0 aliphatic carbocycles. The second-order valence-electron chi connectivity index (χ2n) is 2.58. The summed E-state index contributed by atoms with van der Waals surface area (Å²) in [6.45, 7) is 1.77. The molecule has 0 amide bonds. The lowest BCUT2D eigenvalue weighted by Gasteiger charge is -2.08. The van der Waals surface area contributed by atoms with Gasteiger partial charge in [0.2, 0.25) is 0 Å². The molecular formula is C8H7I2NO2. The number of halogens is 2. The van der Waals surface area contributed by atoms with Crippen LogP contribution in [0.15, 0.2) is 6.07 Å². The molecule has 0 heterocycles. The molecule has 5 heteroatoms. The number of hydrogen-bond donors (Lipinski definition) is 2. The average Bonchev–Trinajstić information content (AvgIpc) is 1.99. The third-order valence-electron chi connectivity index (χ3n) is 1.66. The molecule has 3 N–H and O–H groups in total. The summed E-state index contributed by atoms with van der Waals surface area (Å²) in [6, 6.07) is 1.78. The van der Waals surface area contributed by atoms with E-state index in [1.54, 1.807) is 13.0 Å². The minimum Gasteiger partial charge on any atom is -0.478 e. The van der Waals surface area contributed by atoms with E-state index < -0.39 is 5.97 Å². The molecule has 0 aliphatic rings. The van der Waals surface area contributed by atoms with Gasteiger partial charge in [-0.1, -0.05) is 0 Å². The Morgan fingerprint density at radius 2 is 2.08 bits per heavy atom. The Morgan fingerprint density at radius 1 is 1.54 bits per heavy atom. The molecule has 0 bridgehead atoms. The largest absolute Gasteiger partial charge is 0.478 e. The predicted octanol–water partition coefficient (Wildman–Crippen LogP) is 2.48. The first-order chi connectivity index (χ1) is 5.95. The van der Waals surface area contributed by atoms with E-state index in [0.29, 0.717) is 14.8 Å². The number of rotatable bonds is 1. The van der Waals surface area contributed by atoms with Crippen LogP contribution >= 0.6 is 45.2 Å². The Morgan fingerprint density at radius 3 is 2.54 bits per heavy atom. The minimum absolute atomic E-state index is 0.304. The smallest absolute Gasteiger partial charge is 0.337 e. The van der Waals surface area contributed by atoms with E-state index in [2.05, 4.69) is 22.6 Å². The second kappa shape index (κ2) is 3.99. The number of carbonyl (C=O) groups is 1. The Kier molecular flexibility index (Phi) is 3.38. The molecule has 0 aliphatic heterocycles. The van der Waals surface area contributed by atoms with Gasteiger partial charge in [0, 0.05) is 3.57 Å². The van der Waals surface area contributed by atoms with Gasteiger partial charge in [-0.3, -0.25) is 0 Å². The molecular weight excluding hydrogens is 396 g/mol. The molecule has 1 aromatic carbocycles. The Labute approximate surface area is 103 Å². The maximum Gasteiger partial charge on any atom is 0.337 e. The fourth-order valence-electron chi connectivity index (χ4n) is 1.02. The number of hydrogen-bond acceptors (Lipinski definition) is 2. The standard InChI is InChI=1S/C8H7I2NO2/c1-3-2-4(9)7(11)6(10)5(3)8(12)13/h2H,11H2,1H3,(H,12,13). The van der Waals surface area contributed by atoms with Gasteiger partial charge in [0.25, 0.3) is 0 Å². The summed E-state index contributed by atoms with van der Waals surface area (Å²) in [5.41, 5.74) is 7.31. The van der Waals surface area contributed by atoms with Crippen molar-refractivity contribution in [1.29, 1.82) is 0 Å². The summed E-state index contributed by atoms with van der Waals surface area (Å²) < 4.78 is 1.51. The molecule has 70 valence electrons. The van der Waals surface area contributed by atoms with Crippen LogP contribution in [0, 0.1) is 14.1 Å². The highest BCUT2D eigenvalue weighted by Crippen LogP contribution is 2.27. The monoisotopic (exact) mass is 403 g/mol. The number of carboxylic acids is 1. The van der Waals surface area contributed by atoms with Gasteiger partial charge < -0.3 is 10.8 Å². The predicted molar refractivity (Wildman–Crippen MR) is 68.0 cm³/mol. The first kappa shape index (κ1) is 11.0. The van der Waals surface area contributed by atoms with Crippen LogP contribution in [-0.4, -0.2) is 11.1 Å². The third-order valence-corrected chi connectivity index (χ3v) is 3.68. The van der Waals surface area contributed by atoms with Crippen LogP contribution in [0.4, 0.5) is 5.69 Å². The average molecular weight is 403 g/mol. The van der Waals surface area contributed by atoms with Crippen molar-refractivity contribution >= 4 is 56.8 Å². The Bertz CT molecular complexity index is 377. The van der Waals surface area contributed by atoms with E-state index in [4.69, 9.17) is 10.8 Å². The number of aryl methyl sites for hydroxylation is 1. The number of aromatic carboxylic acids is 1. The number of nitrogens with two attached hydrogens (primary N) is 1. The molecule has 13 heavy (non-hydrogen) atoms. The van der Waals surface area contributed by atoms with Crippen LogP contribution in [0.25, 0.3) is 0 Å². The molecule has 0 saturated heterocycles. The minimum atomic E-state index is -0.926. The number of benzene rings is 1. The van der Waals surface area contributed by atoms with E-state index in [1.807, 2.05) is 22.6 Å². The lowest BCUT2D eigenvalue weighted by Crippen LogP contribution is -2.07. The zero-order valence-electron chi connectivity index (χ0n) is 6.77. The Hall–Kier alpha value is -0.0500. The summed E-state index contributed by atoms with van der Waals surface area (Å²) >= 11 is 4.05. The van der Waals surface area contributed by atoms with Crippen LogP contribution in [0.1, 0.15) is 15.9 Å². The molecule has 0 spiro atoms. The van der Waals surface area contributed by atoms with Crippen molar-refractivity contribution in [3.8, 4) is 0 Å². The van der Waals surface area contributed by atoms with Gasteiger partial charge in [-0.25, -0.2) is 4.79 Å².